The first-order chi connectivity index (χ1) is 17.7. The predicted molar refractivity (Wildman–Crippen MR) is 139 cm³/mol. The Morgan fingerprint density at radius 1 is 1.19 bits per heavy atom. The molecule has 1 aliphatic rings. The van der Waals surface area contributed by atoms with Crippen molar-refractivity contribution < 1.29 is 27.8 Å². The molecule has 3 rings (SSSR count). The van der Waals surface area contributed by atoms with E-state index in [1.54, 1.807) is 18.2 Å². The minimum Gasteiger partial charge on any atom is -0.498 e. The van der Waals surface area contributed by atoms with Crippen LogP contribution in [0.2, 0.25) is 5.02 Å². The van der Waals surface area contributed by atoms with Crippen LogP contribution in [0.15, 0.2) is 84.2 Å². The van der Waals surface area contributed by atoms with Crippen LogP contribution in [-0.4, -0.2) is 35.7 Å². The largest absolute Gasteiger partial charge is 0.498 e. The Bertz CT molecular complexity index is 1140. The fraction of sp³-hybridized carbons (Fsp3) is 0.345. The van der Waals surface area contributed by atoms with Gasteiger partial charge in [-0.2, -0.15) is 13.2 Å². The van der Waals surface area contributed by atoms with Crippen LogP contribution < -0.4 is 0 Å². The molecule has 1 N–H and O–H groups in total. The first-order valence-corrected chi connectivity index (χ1v) is 12.6. The fourth-order valence-corrected chi connectivity index (χ4v) is 4.64. The minimum atomic E-state index is -4.52. The van der Waals surface area contributed by atoms with Gasteiger partial charge < -0.3 is 9.84 Å². The van der Waals surface area contributed by atoms with Gasteiger partial charge in [0.25, 0.3) is 0 Å². The van der Waals surface area contributed by atoms with Gasteiger partial charge >= 0.3 is 12.1 Å². The van der Waals surface area contributed by atoms with Gasteiger partial charge in [0.05, 0.1) is 17.2 Å². The average molecular weight is 534 g/mol. The van der Waals surface area contributed by atoms with E-state index in [0.717, 1.165) is 18.6 Å². The van der Waals surface area contributed by atoms with Crippen LogP contribution in [0.4, 0.5) is 13.2 Å². The summed E-state index contributed by atoms with van der Waals surface area (Å²) >= 11 is 6.21. The Morgan fingerprint density at radius 2 is 1.95 bits per heavy atom. The number of allylic oxidation sites excluding steroid dienone is 4. The number of carboxylic acids is 1. The van der Waals surface area contributed by atoms with E-state index < -0.39 is 17.7 Å². The lowest BCUT2D eigenvalue weighted by atomic mass is 9.95. The number of halogens is 4. The Morgan fingerprint density at radius 3 is 2.62 bits per heavy atom. The Balaban J connectivity index is 1.69. The van der Waals surface area contributed by atoms with Gasteiger partial charge in [0.15, 0.2) is 0 Å². The second-order valence-corrected chi connectivity index (χ2v) is 9.33. The number of nitrogens with zero attached hydrogens (tertiary/aromatic N) is 1. The summed E-state index contributed by atoms with van der Waals surface area (Å²) in [4.78, 5) is 13.0. The van der Waals surface area contributed by atoms with Crippen molar-refractivity contribution >= 4 is 17.6 Å². The lowest BCUT2D eigenvalue weighted by molar-refractivity contribution is -0.137. The minimum absolute atomic E-state index is 0.210. The third kappa shape index (κ3) is 8.79. The molecule has 198 valence electrons. The summed E-state index contributed by atoms with van der Waals surface area (Å²) in [5.41, 5.74) is 1.44. The number of rotatable bonds is 12. The number of hydrogen-bond donors (Lipinski definition) is 1. The number of hydrogen-bond acceptors (Lipinski definition) is 3. The van der Waals surface area contributed by atoms with Crippen LogP contribution >= 0.6 is 11.6 Å². The Hall–Kier alpha value is -3.03. The maximum Gasteiger partial charge on any atom is 0.417 e. The van der Waals surface area contributed by atoms with Crippen LogP contribution in [0.3, 0.4) is 0 Å². The number of benzene rings is 2. The summed E-state index contributed by atoms with van der Waals surface area (Å²) in [5, 5.41) is 8.69. The molecule has 0 bridgehead atoms. The summed E-state index contributed by atoms with van der Waals surface area (Å²) in [5.74, 6) is -0.117. The van der Waals surface area contributed by atoms with E-state index in [9.17, 15) is 18.0 Å². The van der Waals surface area contributed by atoms with Crippen LogP contribution in [-0.2, 0) is 22.3 Å². The summed E-state index contributed by atoms with van der Waals surface area (Å²) in [6.45, 7) is 4.03. The van der Waals surface area contributed by atoms with Crippen LogP contribution in [0.5, 0.6) is 0 Å². The third-order valence-corrected chi connectivity index (χ3v) is 6.65. The van der Waals surface area contributed by atoms with E-state index in [1.807, 2.05) is 24.3 Å². The second-order valence-electron chi connectivity index (χ2n) is 8.96. The molecule has 0 saturated heterocycles. The van der Waals surface area contributed by atoms with Gasteiger partial charge in [-0.1, -0.05) is 73.1 Å². The van der Waals surface area contributed by atoms with Crippen molar-refractivity contribution in [1.29, 1.82) is 0 Å². The molecule has 1 aliphatic carbocycles. The highest BCUT2D eigenvalue weighted by molar-refractivity contribution is 6.32. The topological polar surface area (TPSA) is 49.8 Å². The van der Waals surface area contributed by atoms with Gasteiger partial charge in [0.1, 0.15) is 5.76 Å². The molecule has 0 unspecified atom stereocenters. The van der Waals surface area contributed by atoms with Crippen molar-refractivity contribution in [3.8, 4) is 0 Å². The van der Waals surface area contributed by atoms with Gasteiger partial charge in [-0.15, -0.1) is 0 Å². The third-order valence-electron chi connectivity index (χ3n) is 6.21. The number of ether oxygens (including phenoxy) is 1. The highest BCUT2D eigenvalue weighted by atomic mass is 35.5. The monoisotopic (exact) mass is 533 g/mol. The van der Waals surface area contributed by atoms with Crippen molar-refractivity contribution in [3.63, 3.8) is 0 Å². The fourth-order valence-electron chi connectivity index (χ4n) is 4.35. The van der Waals surface area contributed by atoms with Crippen LogP contribution in [0, 0.1) is 0 Å². The number of carboxylic acid groups (broad SMARTS) is 1. The van der Waals surface area contributed by atoms with E-state index in [-0.39, 0.29) is 17.5 Å². The van der Waals surface area contributed by atoms with Crippen molar-refractivity contribution in [2.24, 2.45) is 0 Å². The Labute approximate surface area is 220 Å². The zero-order valence-electron chi connectivity index (χ0n) is 20.7. The Kier molecular flexibility index (Phi) is 10.4. The molecule has 4 nitrogen and oxygen atoms in total. The molecular formula is C29H31ClF3NO3. The molecule has 8 heteroatoms. The highest BCUT2D eigenvalue weighted by Crippen LogP contribution is 2.36. The van der Waals surface area contributed by atoms with Gasteiger partial charge in [0.2, 0.25) is 0 Å². The molecule has 0 radical (unpaired) electrons. The van der Waals surface area contributed by atoms with Crippen molar-refractivity contribution in [2.75, 3.05) is 19.7 Å². The average Bonchev–Trinajstić information content (AvgIpc) is 2.85. The molecule has 2 aromatic carbocycles. The van der Waals surface area contributed by atoms with Crippen LogP contribution in [0.1, 0.15) is 48.8 Å². The number of aliphatic carboxylic acids is 1. The summed E-state index contributed by atoms with van der Waals surface area (Å²) in [6.07, 6.45) is 3.85. The summed E-state index contributed by atoms with van der Waals surface area (Å²) in [7, 11) is 0. The lowest BCUT2D eigenvalue weighted by Crippen LogP contribution is -2.30. The van der Waals surface area contributed by atoms with E-state index in [0.29, 0.717) is 49.4 Å². The molecule has 0 aromatic heterocycles. The van der Waals surface area contributed by atoms with Crippen molar-refractivity contribution in [3.05, 3.63) is 106 Å². The first-order valence-electron chi connectivity index (χ1n) is 12.2. The number of carbonyl (C=O) groups is 1. The predicted octanol–water partition coefficient (Wildman–Crippen LogP) is 7.62. The zero-order valence-corrected chi connectivity index (χ0v) is 21.4. The maximum absolute atomic E-state index is 13.4. The van der Waals surface area contributed by atoms with Gasteiger partial charge in [-0.3, -0.25) is 4.90 Å². The molecule has 37 heavy (non-hydrogen) atoms. The summed E-state index contributed by atoms with van der Waals surface area (Å²) in [6, 6.07) is 14.1. The lowest BCUT2D eigenvalue weighted by Gasteiger charge is -2.28. The quantitative estimate of drug-likeness (QED) is 0.225. The molecule has 2 aromatic rings. The van der Waals surface area contributed by atoms with Crippen LogP contribution in [0.25, 0.3) is 0 Å². The van der Waals surface area contributed by atoms with E-state index in [1.165, 1.54) is 11.6 Å². The van der Waals surface area contributed by atoms with Gasteiger partial charge in [-0.05, 0) is 47.6 Å². The molecule has 0 heterocycles. The smallest absolute Gasteiger partial charge is 0.417 e. The van der Waals surface area contributed by atoms with E-state index >= 15 is 0 Å². The highest BCUT2D eigenvalue weighted by Gasteiger charge is 2.34. The molecule has 0 fully saturated rings. The molecular weight excluding hydrogens is 503 g/mol. The van der Waals surface area contributed by atoms with Crippen molar-refractivity contribution in [2.45, 2.75) is 44.8 Å². The maximum atomic E-state index is 13.4. The van der Waals surface area contributed by atoms with Gasteiger partial charge in [0, 0.05) is 32.1 Å². The first kappa shape index (κ1) is 28.5. The normalized spacial score (nSPS) is 15.6. The SMILES string of the molecule is CC[C@H](CN(CCCOC1=CC=CC(=CC(=O)O)C1)Cc1cccc(C(F)(F)F)c1Cl)c1ccccc1. The molecule has 0 amide bonds. The number of alkyl halides is 3. The molecule has 0 aliphatic heterocycles. The zero-order chi connectivity index (χ0) is 26.8. The molecule has 1 atom stereocenters. The van der Waals surface area contributed by atoms with Crippen molar-refractivity contribution in [1.82, 2.24) is 4.90 Å². The molecule has 0 spiro atoms. The second kappa shape index (κ2) is 13.5. The standard InChI is InChI=1S/C29H31ClF3NO3/c1-2-22(23-10-4-3-5-11-23)19-34(20-24-12-7-14-26(28(24)30)29(31,32)33)15-8-16-37-25-13-6-9-21(17-25)18-27(35)36/h3-7,9-14,18,22H,2,8,15-17,19-20H2,1H3,(H,35,36)/t22-/m1/s1. The van der Waals surface area contributed by atoms with Gasteiger partial charge in [-0.25, -0.2) is 4.79 Å². The van der Waals surface area contributed by atoms with E-state index in [2.05, 4.69) is 24.0 Å². The van der Waals surface area contributed by atoms with E-state index in [4.69, 9.17) is 21.4 Å². The molecule has 0 saturated carbocycles. The summed E-state index contributed by atoms with van der Waals surface area (Å²) < 4.78 is 46.1.